The van der Waals surface area contributed by atoms with Gasteiger partial charge in [0.05, 0.1) is 0 Å². The number of benzene rings is 1. The lowest BCUT2D eigenvalue weighted by atomic mass is 10.0. The SMILES string of the molecule is Cc1c(C#C[Si](C)(C)C)ccc2oc(=O)ccc12. The molecule has 92 valence electrons. The fourth-order valence-corrected chi connectivity index (χ4v) is 2.19. The summed E-state index contributed by atoms with van der Waals surface area (Å²) in [5.74, 6) is 3.25. The average molecular weight is 256 g/mol. The van der Waals surface area contributed by atoms with Crippen LogP contribution in [0, 0.1) is 18.4 Å². The molecule has 0 atom stereocenters. The molecule has 0 spiro atoms. The van der Waals surface area contributed by atoms with Gasteiger partial charge in [0, 0.05) is 17.0 Å². The highest BCUT2D eigenvalue weighted by molar-refractivity contribution is 6.83. The minimum Gasteiger partial charge on any atom is -0.423 e. The third-order valence-electron chi connectivity index (χ3n) is 2.64. The third-order valence-corrected chi connectivity index (χ3v) is 3.52. The molecule has 0 saturated heterocycles. The predicted molar refractivity (Wildman–Crippen MR) is 77.4 cm³/mol. The molecule has 0 radical (unpaired) electrons. The van der Waals surface area contributed by atoms with Crippen molar-refractivity contribution in [3.8, 4) is 11.5 Å². The van der Waals surface area contributed by atoms with Gasteiger partial charge >= 0.3 is 5.63 Å². The smallest absolute Gasteiger partial charge is 0.336 e. The van der Waals surface area contributed by atoms with E-state index in [4.69, 9.17) is 4.42 Å². The van der Waals surface area contributed by atoms with Crippen molar-refractivity contribution in [1.29, 1.82) is 0 Å². The molecule has 0 aliphatic heterocycles. The Kier molecular flexibility index (Phi) is 3.14. The second-order valence-electron chi connectivity index (χ2n) is 5.40. The number of fused-ring (bicyclic) bond motifs is 1. The number of hydrogen-bond acceptors (Lipinski definition) is 2. The first-order valence-corrected chi connectivity index (χ1v) is 9.43. The maximum absolute atomic E-state index is 11.1. The van der Waals surface area contributed by atoms with Gasteiger partial charge in [0.25, 0.3) is 0 Å². The van der Waals surface area contributed by atoms with E-state index < -0.39 is 8.07 Å². The van der Waals surface area contributed by atoms with Crippen LogP contribution in [0.4, 0.5) is 0 Å². The first-order valence-electron chi connectivity index (χ1n) is 5.93. The largest absolute Gasteiger partial charge is 0.423 e. The normalized spacial score (nSPS) is 11.1. The van der Waals surface area contributed by atoms with Crippen LogP contribution in [0.3, 0.4) is 0 Å². The standard InChI is InChI=1S/C15H16O2Si/c1-11-12(9-10-18(2,3)4)5-7-14-13(11)6-8-15(16)17-14/h5-8H,1-4H3. The van der Waals surface area contributed by atoms with Crippen molar-refractivity contribution >= 4 is 19.0 Å². The lowest BCUT2D eigenvalue weighted by Gasteiger charge is -2.06. The van der Waals surface area contributed by atoms with Crippen molar-refractivity contribution in [2.45, 2.75) is 26.6 Å². The lowest BCUT2D eigenvalue weighted by Crippen LogP contribution is -2.16. The molecule has 2 nitrogen and oxygen atoms in total. The molecule has 0 unspecified atom stereocenters. The zero-order valence-electron chi connectivity index (χ0n) is 11.1. The third kappa shape index (κ3) is 2.72. The van der Waals surface area contributed by atoms with Gasteiger partial charge in [0.2, 0.25) is 0 Å². The van der Waals surface area contributed by atoms with E-state index in [1.807, 2.05) is 19.1 Å². The molecule has 3 heteroatoms. The molecule has 0 amide bonds. The number of aryl methyl sites for hydroxylation is 1. The topological polar surface area (TPSA) is 30.2 Å². The number of hydrogen-bond donors (Lipinski definition) is 0. The predicted octanol–water partition coefficient (Wildman–Crippen LogP) is 3.33. The molecular weight excluding hydrogens is 240 g/mol. The molecule has 2 aromatic rings. The van der Waals surface area contributed by atoms with Crippen molar-refractivity contribution in [2.75, 3.05) is 0 Å². The fraction of sp³-hybridized carbons (Fsp3) is 0.267. The molecule has 2 rings (SSSR count). The van der Waals surface area contributed by atoms with Gasteiger partial charge in [-0.05, 0) is 30.7 Å². The summed E-state index contributed by atoms with van der Waals surface area (Å²) < 4.78 is 5.15. The fourth-order valence-electron chi connectivity index (χ4n) is 1.68. The molecular formula is C15H16O2Si. The number of rotatable bonds is 0. The van der Waals surface area contributed by atoms with Gasteiger partial charge in [0.1, 0.15) is 13.7 Å². The van der Waals surface area contributed by atoms with Crippen molar-refractivity contribution in [3.63, 3.8) is 0 Å². The highest BCUT2D eigenvalue weighted by Crippen LogP contribution is 2.19. The van der Waals surface area contributed by atoms with E-state index in [2.05, 4.69) is 31.1 Å². The van der Waals surface area contributed by atoms with Crippen LogP contribution < -0.4 is 5.63 Å². The zero-order chi connectivity index (χ0) is 13.3. The van der Waals surface area contributed by atoms with Crippen LogP contribution in [-0.4, -0.2) is 8.07 Å². The lowest BCUT2D eigenvalue weighted by molar-refractivity contribution is 0.561. The summed E-state index contributed by atoms with van der Waals surface area (Å²) in [5, 5.41) is 0.956. The van der Waals surface area contributed by atoms with Gasteiger partial charge in [-0.1, -0.05) is 25.6 Å². The Balaban J connectivity index is 2.61. The van der Waals surface area contributed by atoms with Gasteiger partial charge in [0.15, 0.2) is 0 Å². The second-order valence-corrected chi connectivity index (χ2v) is 10.2. The van der Waals surface area contributed by atoms with Crippen LogP contribution in [0.1, 0.15) is 11.1 Å². The minimum atomic E-state index is -1.37. The quantitative estimate of drug-likeness (QED) is 0.411. The maximum Gasteiger partial charge on any atom is 0.336 e. The molecule has 0 saturated carbocycles. The van der Waals surface area contributed by atoms with Crippen LogP contribution >= 0.6 is 0 Å². The Morgan fingerprint density at radius 2 is 1.83 bits per heavy atom. The summed E-state index contributed by atoms with van der Waals surface area (Å²) in [7, 11) is -1.37. The van der Waals surface area contributed by atoms with Crippen molar-refractivity contribution in [2.24, 2.45) is 0 Å². The highest BCUT2D eigenvalue weighted by Gasteiger charge is 2.08. The summed E-state index contributed by atoms with van der Waals surface area (Å²) in [4.78, 5) is 11.1. The van der Waals surface area contributed by atoms with Gasteiger partial charge in [-0.15, -0.1) is 5.54 Å². The maximum atomic E-state index is 11.1. The van der Waals surface area contributed by atoms with E-state index in [9.17, 15) is 4.79 Å². The monoisotopic (exact) mass is 256 g/mol. The van der Waals surface area contributed by atoms with Gasteiger partial charge in [-0.2, -0.15) is 0 Å². The summed E-state index contributed by atoms with van der Waals surface area (Å²) in [5.41, 5.74) is 5.74. The van der Waals surface area contributed by atoms with E-state index >= 15 is 0 Å². The Morgan fingerprint density at radius 3 is 2.50 bits per heavy atom. The van der Waals surface area contributed by atoms with Crippen LogP contribution in [-0.2, 0) is 0 Å². The van der Waals surface area contributed by atoms with E-state index in [-0.39, 0.29) is 5.63 Å². The Hall–Kier alpha value is -1.79. The zero-order valence-corrected chi connectivity index (χ0v) is 12.1. The highest BCUT2D eigenvalue weighted by atomic mass is 28.3. The molecule has 1 aromatic carbocycles. The second kappa shape index (κ2) is 4.47. The van der Waals surface area contributed by atoms with Gasteiger partial charge < -0.3 is 4.42 Å². The molecule has 18 heavy (non-hydrogen) atoms. The van der Waals surface area contributed by atoms with Crippen LogP contribution in [0.15, 0.2) is 33.5 Å². The molecule has 0 aliphatic rings. The van der Waals surface area contributed by atoms with Crippen molar-refractivity contribution < 1.29 is 4.42 Å². The first kappa shape index (κ1) is 12.7. The summed E-state index contributed by atoms with van der Waals surface area (Å²) >= 11 is 0. The molecule has 0 fully saturated rings. The molecule has 0 bridgehead atoms. The molecule has 0 N–H and O–H groups in total. The van der Waals surface area contributed by atoms with Gasteiger partial charge in [-0.25, -0.2) is 4.79 Å². The van der Waals surface area contributed by atoms with Crippen LogP contribution in [0.5, 0.6) is 0 Å². The Labute approximate surface area is 108 Å². The van der Waals surface area contributed by atoms with E-state index in [0.717, 1.165) is 16.5 Å². The molecule has 1 aromatic heterocycles. The van der Waals surface area contributed by atoms with Crippen molar-refractivity contribution in [3.05, 3.63) is 45.8 Å². The first-order chi connectivity index (χ1) is 8.37. The minimum absolute atomic E-state index is 0.317. The summed E-state index contributed by atoms with van der Waals surface area (Å²) in [6.45, 7) is 8.66. The van der Waals surface area contributed by atoms with Crippen LogP contribution in [0.2, 0.25) is 19.6 Å². The van der Waals surface area contributed by atoms with E-state index in [1.165, 1.54) is 6.07 Å². The van der Waals surface area contributed by atoms with E-state index in [1.54, 1.807) is 6.07 Å². The summed E-state index contributed by atoms with van der Waals surface area (Å²) in [6, 6.07) is 6.99. The van der Waals surface area contributed by atoms with Crippen molar-refractivity contribution in [1.82, 2.24) is 0 Å². The average Bonchev–Trinajstić information content (AvgIpc) is 2.26. The molecule has 0 aliphatic carbocycles. The van der Waals surface area contributed by atoms with Crippen LogP contribution in [0.25, 0.3) is 11.0 Å². The van der Waals surface area contributed by atoms with E-state index in [0.29, 0.717) is 5.58 Å². The Bertz CT molecular complexity index is 709. The van der Waals surface area contributed by atoms with Gasteiger partial charge in [-0.3, -0.25) is 0 Å². The molecule has 1 heterocycles. The Morgan fingerprint density at radius 1 is 1.11 bits per heavy atom. The summed E-state index contributed by atoms with van der Waals surface area (Å²) in [6.07, 6.45) is 0.